The number of hydrogen-bond donors (Lipinski definition) is 0. The van der Waals surface area contributed by atoms with Crippen LogP contribution in [0.1, 0.15) is 5.56 Å². The molecule has 2 nitrogen and oxygen atoms in total. The summed E-state index contributed by atoms with van der Waals surface area (Å²) in [4.78, 5) is 8.42. The molecule has 0 N–H and O–H groups in total. The number of nitrogens with zero attached hydrogens (tertiary/aromatic N) is 2. The summed E-state index contributed by atoms with van der Waals surface area (Å²) in [5, 5.41) is 0. The summed E-state index contributed by atoms with van der Waals surface area (Å²) in [7, 11) is 0. The van der Waals surface area contributed by atoms with Gasteiger partial charge in [-0.15, -0.1) is 0 Å². The Morgan fingerprint density at radius 1 is 1.07 bits per heavy atom. The van der Waals surface area contributed by atoms with E-state index < -0.39 is 0 Å². The summed E-state index contributed by atoms with van der Waals surface area (Å²) in [6.07, 6.45) is 3.58. The van der Waals surface area contributed by atoms with E-state index in [2.05, 4.69) is 38.6 Å². The SMILES string of the molecule is Ic1ccccc1/C=N/c1ccccn1. The first-order valence-electron chi connectivity index (χ1n) is 4.56. The molecule has 1 aromatic heterocycles. The van der Waals surface area contributed by atoms with Crippen LogP contribution in [-0.2, 0) is 0 Å². The number of halogens is 1. The molecule has 0 atom stereocenters. The van der Waals surface area contributed by atoms with Gasteiger partial charge >= 0.3 is 0 Å². The first kappa shape index (κ1) is 10.3. The average molecular weight is 308 g/mol. The monoisotopic (exact) mass is 308 g/mol. The number of aliphatic imine (C=N–C) groups is 1. The molecule has 3 heteroatoms. The van der Waals surface area contributed by atoms with Crippen molar-refractivity contribution in [1.82, 2.24) is 4.98 Å². The van der Waals surface area contributed by atoms with Gasteiger partial charge in [0.15, 0.2) is 5.82 Å². The van der Waals surface area contributed by atoms with Crippen LogP contribution in [0.25, 0.3) is 0 Å². The molecule has 2 rings (SSSR count). The van der Waals surface area contributed by atoms with Crippen LogP contribution < -0.4 is 0 Å². The molecule has 0 amide bonds. The van der Waals surface area contributed by atoms with Gasteiger partial charge in [0, 0.05) is 21.5 Å². The van der Waals surface area contributed by atoms with E-state index in [0.29, 0.717) is 0 Å². The predicted octanol–water partition coefficient (Wildman–Crippen LogP) is 3.44. The highest BCUT2D eigenvalue weighted by molar-refractivity contribution is 14.1. The molecule has 0 aliphatic rings. The Morgan fingerprint density at radius 3 is 2.60 bits per heavy atom. The lowest BCUT2D eigenvalue weighted by molar-refractivity contribution is 1.28. The van der Waals surface area contributed by atoms with Crippen molar-refractivity contribution in [3.05, 3.63) is 57.8 Å². The van der Waals surface area contributed by atoms with Crippen molar-refractivity contribution in [2.75, 3.05) is 0 Å². The molecular formula is C12H9IN2. The molecule has 15 heavy (non-hydrogen) atoms. The molecule has 1 aromatic carbocycles. The number of benzene rings is 1. The topological polar surface area (TPSA) is 25.2 Å². The Hall–Kier alpha value is -1.23. The summed E-state index contributed by atoms with van der Waals surface area (Å²) < 4.78 is 1.19. The Morgan fingerprint density at radius 2 is 1.87 bits per heavy atom. The van der Waals surface area contributed by atoms with Crippen LogP contribution in [0.2, 0.25) is 0 Å². The van der Waals surface area contributed by atoms with Crippen LogP contribution >= 0.6 is 22.6 Å². The molecule has 0 radical (unpaired) electrons. The number of aromatic nitrogens is 1. The van der Waals surface area contributed by atoms with Gasteiger partial charge in [0.25, 0.3) is 0 Å². The quantitative estimate of drug-likeness (QED) is 0.616. The zero-order valence-corrected chi connectivity index (χ0v) is 10.1. The molecule has 2 aromatic rings. The molecule has 0 spiro atoms. The minimum Gasteiger partial charge on any atom is -0.237 e. The Bertz CT molecular complexity index is 466. The standard InChI is InChI=1S/C12H9IN2/c13-11-6-2-1-5-10(11)9-15-12-7-3-4-8-14-12/h1-9H/b15-9+. The van der Waals surface area contributed by atoms with E-state index in [4.69, 9.17) is 0 Å². The van der Waals surface area contributed by atoms with Crippen molar-refractivity contribution < 1.29 is 0 Å². The lowest BCUT2D eigenvalue weighted by atomic mass is 10.2. The van der Waals surface area contributed by atoms with Gasteiger partial charge in [0.05, 0.1) is 0 Å². The van der Waals surface area contributed by atoms with Crippen molar-refractivity contribution in [2.24, 2.45) is 4.99 Å². The van der Waals surface area contributed by atoms with Gasteiger partial charge in [-0.3, -0.25) is 0 Å². The molecule has 1 heterocycles. The van der Waals surface area contributed by atoms with Gasteiger partial charge in [-0.2, -0.15) is 0 Å². The molecule has 0 aliphatic carbocycles. The van der Waals surface area contributed by atoms with Gasteiger partial charge < -0.3 is 0 Å². The zero-order chi connectivity index (χ0) is 10.5. The third-order valence-corrected chi connectivity index (χ3v) is 2.87. The third-order valence-electron chi connectivity index (χ3n) is 1.89. The van der Waals surface area contributed by atoms with Crippen molar-refractivity contribution >= 4 is 34.6 Å². The first-order chi connectivity index (χ1) is 7.36. The van der Waals surface area contributed by atoms with Gasteiger partial charge in [-0.1, -0.05) is 24.3 Å². The molecule has 0 unspecified atom stereocenters. The lowest BCUT2D eigenvalue weighted by Gasteiger charge is -1.96. The molecule has 0 aliphatic heterocycles. The summed E-state index contributed by atoms with van der Waals surface area (Å²) >= 11 is 2.29. The van der Waals surface area contributed by atoms with Gasteiger partial charge in [-0.05, 0) is 40.8 Å². The lowest BCUT2D eigenvalue weighted by Crippen LogP contribution is -1.84. The molecule has 0 bridgehead atoms. The highest BCUT2D eigenvalue weighted by Crippen LogP contribution is 2.11. The minimum absolute atomic E-state index is 0.733. The summed E-state index contributed by atoms with van der Waals surface area (Å²) in [6.45, 7) is 0. The fourth-order valence-corrected chi connectivity index (χ4v) is 1.67. The smallest absolute Gasteiger partial charge is 0.151 e. The highest BCUT2D eigenvalue weighted by atomic mass is 127. The summed E-state index contributed by atoms with van der Waals surface area (Å²) in [5.74, 6) is 0.733. The van der Waals surface area contributed by atoms with E-state index in [1.807, 2.05) is 42.6 Å². The van der Waals surface area contributed by atoms with E-state index in [0.717, 1.165) is 11.4 Å². The summed E-state index contributed by atoms with van der Waals surface area (Å²) in [5.41, 5.74) is 1.11. The van der Waals surface area contributed by atoms with E-state index in [9.17, 15) is 0 Å². The van der Waals surface area contributed by atoms with Crippen molar-refractivity contribution in [3.63, 3.8) is 0 Å². The van der Waals surface area contributed by atoms with E-state index in [1.165, 1.54) is 3.57 Å². The zero-order valence-electron chi connectivity index (χ0n) is 7.97. The molecule has 0 saturated carbocycles. The highest BCUT2D eigenvalue weighted by Gasteiger charge is 1.93. The molecule has 74 valence electrons. The predicted molar refractivity (Wildman–Crippen MR) is 70.7 cm³/mol. The van der Waals surface area contributed by atoms with Gasteiger partial charge in [-0.25, -0.2) is 9.98 Å². The Labute approximate surface area is 102 Å². The van der Waals surface area contributed by atoms with Crippen molar-refractivity contribution in [3.8, 4) is 0 Å². The average Bonchev–Trinajstić information content (AvgIpc) is 2.29. The molecule has 0 saturated heterocycles. The third kappa shape index (κ3) is 2.86. The fourth-order valence-electron chi connectivity index (χ4n) is 1.15. The maximum Gasteiger partial charge on any atom is 0.151 e. The van der Waals surface area contributed by atoms with Crippen molar-refractivity contribution in [2.45, 2.75) is 0 Å². The maximum absolute atomic E-state index is 4.30. The Kier molecular flexibility index (Phi) is 3.45. The van der Waals surface area contributed by atoms with E-state index in [1.54, 1.807) is 6.20 Å². The number of pyridine rings is 1. The number of rotatable bonds is 2. The second-order valence-corrected chi connectivity index (χ2v) is 4.13. The molecular weight excluding hydrogens is 299 g/mol. The van der Waals surface area contributed by atoms with Gasteiger partial charge in [0.1, 0.15) is 0 Å². The Balaban J connectivity index is 2.23. The van der Waals surface area contributed by atoms with Crippen LogP contribution in [0.3, 0.4) is 0 Å². The second kappa shape index (κ2) is 5.02. The fraction of sp³-hybridized carbons (Fsp3) is 0. The second-order valence-electron chi connectivity index (χ2n) is 2.97. The first-order valence-corrected chi connectivity index (χ1v) is 5.64. The minimum atomic E-state index is 0.733. The van der Waals surface area contributed by atoms with Crippen LogP contribution in [0.15, 0.2) is 53.7 Å². The van der Waals surface area contributed by atoms with Crippen LogP contribution in [-0.4, -0.2) is 11.2 Å². The maximum atomic E-state index is 4.30. The van der Waals surface area contributed by atoms with Crippen LogP contribution in [0, 0.1) is 3.57 Å². The number of hydrogen-bond acceptors (Lipinski definition) is 2. The van der Waals surface area contributed by atoms with E-state index in [-0.39, 0.29) is 0 Å². The van der Waals surface area contributed by atoms with Crippen molar-refractivity contribution in [1.29, 1.82) is 0 Å². The van der Waals surface area contributed by atoms with E-state index >= 15 is 0 Å². The normalized spacial score (nSPS) is 10.7. The van der Waals surface area contributed by atoms with Gasteiger partial charge in [0.2, 0.25) is 0 Å². The summed E-state index contributed by atoms with van der Waals surface area (Å²) in [6, 6.07) is 13.8. The largest absolute Gasteiger partial charge is 0.237 e. The van der Waals surface area contributed by atoms with Crippen LogP contribution in [0.5, 0.6) is 0 Å². The van der Waals surface area contributed by atoms with Crippen LogP contribution in [0.4, 0.5) is 5.82 Å². The molecule has 0 fully saturated rings.